The van der Waals surface area contributed by atoms with Crippen LogP contribution >= 0.6 is 8.46 Å². The van der Waals surface area contributed by atoms with Gasteiger partial charge in [0, 0.05) is 0 Å². The van der Waals surface area contributed by atoms with E-state index in [-0.39, 0.29) is 5.92 Å². The van der Waals surface area contributed by atoms with Crippen molar-refractivity contribution in [1.82, 2.24) is 0 Å². The van der Waals surface area contributed by atoms with Crippen LogP contribution in [0, 0.1) is 5.92 Å². The van der Waals surface area contributed by atoms with E-state index in [0.29, 0.717) is 12.6 Å². The quantitative estimate of drug-likeness (QED) is 0.604. The second-order valence-electron chi connectivity index (χ2n) is 1.98. The van der Waals surface area contributed by atoms with Gasteiger partial charge in [0.2, 0.25) is 0 Å². The number of aliphatic carboxylic acids is 1. The lowest BCUT2D eigenvalue weighted by Gasteiger charge is -1.99. The van der Waals surface area contributed by atoms with Gasteiger partial charge in [-0.15, -0.1) is 0 Å². The van der Waals surface area contributed by atoms with Crippen LogP contribution in [0.2, 0.25) is 0 Å². The molecule has 0 rings (SSSR count). The molecule has 0 aliphatic heterocycles. The zero-order chi connectivity index (χ0) is 7.28. The molecule has 0 aliphatic carbocycles. The first-order chi connectivity index (χ1) is 4.18. The summed E-state index contributed by atoms with van der Waals surface area (Å²) in [7, 11) is -0.772. The van der Waals surface area contributed by atoms with Crippen molar-refractivity contribution in [2.24, 2.45) is 5.92 Å². The summed E-state index contributed by atoms with van der Waals surface area (Å²) in [5.74, 6) is -1.14. The summed E-state index contributed by atoms with van der Waals surface area (Å²) in [6.07, 6.45) is 1.08. The number of carboxylic acid groups (broad SMARTS) is 1. The van der Waals surface area contributed by atoms with Gasteiger partial charge in [-0.25, -0.2) is 0 Å². The molecule has 1 N–H and O–H groups in total. The van der Waals surface area contributed by atoms with Crippen LogP contribution in [0.15, 0.2) is 0 Å². The summed E-state index contributed by atoms with van der Waals surface area (Å²) < 4.78 is 9.95. The fraction of sp³-hybridized carbons (Fsp3) is 0.800. The maximum absolute atomic E-state index is 10.1. The average Bonchev–Trinajstić information content (AvgIpc) is 1.82. The van der Waals surface area contributed by atoms with Crippen molar-refractivity contribution in [3.63, 3.8) is 0 Å². The molecule has 0 bridgehead atoms. The molecular formula is C5H11O3P. The van der Waals surface area contributed by atoms with Gasteiger partial charge in [-0.05, 0) is 12.6 Å². The number of hydrogen-bond acceptors (Lipinski definition) is 2. The Labute approximate surface area is 55.3 Å². The van der Waals surface area contributed by atoms with E-state index < -0.39 is 14.4 Å². The smallest absolute Gasteiger partial charge is 0.306 e. The van der Waals surface area contributed by atoms with Crippen molar-refractivity contribution >= 4 is 14.4 Å². The third kappa shape index (κ3) is 4.22. The normalized spacial score (nSPS) is 14.3. The van der Waals surface area contributed by atoms with E-state index in [2.05, 4.69) is 0 Å². The molecule has 0 saturated carbocycles. The van der Waals surface area contributed by atoms with Gasteiger partial charge in [-0.1, -0.05) is 6.92 Å². The second-order valence-corrected chi connectivity index (χ2v) is 2.89. The first kappa shape index (κ1) is 8.70. The molecule has 2 unspecified atom stereocenters. The molecule has 0 aliphatic rings. The Hall–Kier alpha value is -0.300. The Balaban J connectivity index is 3.37. The van der Waals surface area contributed by atoms with Crippen molar-refractivity contribution in [1.29, 1.82) is 0 Å². The standard InChI is InChI=1S/C5H11O3P/c1-4(5(6)7)2-3-9-8/h4H,2-3,9H2,1H3,(H,6,7). The lowest BCUT2D eigenvalue weighted by molar-refractivity contribution is -0.141. The van der Waals surface area contributed by atoms with Gasteiger partial charge >= 0.3 is 5.97 Å². The van der Waals surface area contributed by atoms with Crippen molar-refractivity contribution in [3.05, 3.63) is 0 Å². The molecule has 0 fully saturated rings. The number of rotatable bonds is 4. The Morgan fingerprint density at radius 3 is 2.67 bits per heavy atom. The zero-order valence-corrected chi connectivity index (χ0v) is 6.49. The first-order valence-corrected chi connectivity index (χ1v) is 4.13. The molecule has 2 atom stereocenters. The molecule has 0 spiro atoms. The van der Waals surface area contributed by atoms with E-state index in [1.54, 1.807) is 6.92 Å². The lowest BCUT2D eigenvalue weighted by Crippen LogP contribution is -2.09. The fourth-order valence-electron chi connectivity index (χ4n) is 0.442. The lowest BCUT2D eigenvalue weighted by atomic mass is 10.1. The fourth-order valence-corrected chi connectivity index (χ4v) is 1.08. The summed E-state index contributed by atoms with van der Waals surface area (Å²) in [5.41, 5.74) is 0. The van der Waals surface area contributed by atoms with Crippen molar-refractivity contribution < 1.29 is 14.5 Å². The van der Waals surface area contributed by atoms with E-state index in [0.717, 1.165) is 0 Å². The van der Waals surface area contributed by atoms with Gasteiger partial charge in [-0.2, -0.15) is 0 Å². The van der Waals surface area contributed by atoms with Crippen molar-refractivity contribution in [2.75, 3.05) is 6.16 Å². The van der Waals surface area contributed by atoms with Gasteiger partial charge < -0.3 is 9.67 Å². The predicted octanol–water partition coefficient (Wildman–Crippen LogP) is 0.853. The van der Waals surface area contributed by atoms with Gasteiger partial charge in [0.1, 0.15) is 0 Å². The van der Waals surface area contributed by atoms with Gasteiger partial charge in [0.15, 0.2) is 0 Å². The topological polar surface area (TPSA) is 54.4 Å². The zero-order valence-electron chi connectivity index (χ0n) is 5.33. The first-order valence-electron chi connectivity index (χ1n) is 2.85. The van der Waals surface area contributed by atoms with Crippen molar-refractivity contribution in [3.8, 4) is 0 Å². The Kier molecular flexibility index (Phi) is 4.41. The molecule has 0 aromatic rings. The molecule has 9 heavy (non-hydrogen) atoms. The van der Waals surface area contributed by atoms with E-state index in [1.807, 2.05) is 0 Å². The van der Waals surface area contributed by atoms with Crippen LogP contribution < -0.4 is 0 Å². The molecule has 0 radical (unpaired) electrons. The monoisotopic (exact) mass is 150 g/mol. The minimum Gasteiger partial charge on any atom is -0.481 e. The van der Waals surface area contributed by atoms with Crippen LogP contribution in [-0.4, -0.2) is 17.2 Å². The van der Waals surface area contributed by atoms with Crippen LogP contribution in [0.4, 0.5) is 0 Å². The highest BCUT2D eigenvalue weighted by molar-refractivity contribution is 7.23. The Bertz CT molecular complexity index is 113. The third-order valence-corrected chi connectivity index (χ3v) is 1.71. The molecule has 54 valence electrons. The number of hydrogen-bond donors (Lipinski definition) is 1. The summed E-state index contributed by atoms with van der Waals surface area (Å²) in [6.45, 7) is 1.62. The van der Waals surface area contributed by atoms with E-state index >= 15 is 0 Å². The predicted molar refractivity (Wildman–Crippen MR) is 36.7 cm³/mol. The summed E-state index contributed by atoms with van der Waals surface area (Å²) in [5, 5.41) is 8.32. The largest absolute Gasteiger partial charge is 0.481 e. The highest BCUT2D eigenvalue weighted by Gasteiger charge is 2.08. The summed E-state index contributed by atoms with van der Waals surface area (Å²) in [4.78, 5) is 10.1. The second kappa shape index (κ2) is 4.57. The molecule has 0 amide bonds. The molecule has 0 heterocycles. The van der Waals surface area contributed by atoms with E-state index in [9.17, 15) is 9.36 Å². The highest BCUT2D eigenvalue weighted by Crippen LogP contribution is 2.05. The van der Waals surface area contributed by atoms with Crippen LogP contribution in [-0.2, 0) is 9.36 Å². The van der Waals surface area contributed by atoms with Gasteiger partial charge in [-0.3, -0.25) is 4.79 Å². The van der Waals surface area contributed by atoms with E-state index in [1.165, 1.54) is 0 Å². The molecule has 4 heteroatoms. The Morgan fingerprint density at radius 1 is 1.78 bits per heavy atom. The molecule has 0 aromatic carbocycles. The summed E-state index contributed by atoms with van der Waals surface area (Å²) >= 11 is 0. The number of carbonyl (C=O) groups is 1. The van der Waals surface area contributed by atoms with Gasteiger partial charge in [0.05, 0.1) is 14.4 Å². The highest BCUT2D eigenvalue weighted by atomic mass is 31.1. The van der Waals surface area contributed by atoms with E-state index in [4.69, 9.17) is 5.11 Å². The minimum absolute atomic E-state index is 0.341. The molecule has 0 saturated heterocycles. The van der Waals surface area contributed by atoms with Crippen molar-refractivity contribution in [2.45, 2.75) is 13.3 Å². The third-order valence-electron chi connectivity index (χ3n) is 1.14. The van der Waals surface area contributed by atoms with Crippen LogP contribution in [0.3, 0.4) is 0 Å². The SMILES string of the molecule is CC(CC[PH2]=O)C(=O)O. The van der Waals surface area contributed by atoms with Gasteiger partial charge in [0.25, 0.3) is 0 Å². The number of carboxylic acids is 1. The van der Waals surface area contributed by atoms with Crippen LogP contribution in [0.25, 0.3) is 0 Å². The Morgan fingerprint density at radius 2 is 2.33 bits per heavy atom. The molecule has 0 aromatic heterocycles. The maximum Gasteiger partial charge on any atom is 0.306 e. The maximum atomic E-state index is 10.1. The van der Waals surface area contributed by atoms with Crippen LogP contribution in [0.5, 0.6) is 0 Å². The molecule has 3 nitrogen and oxygen atoms in total. The summed E-state index contributed by atoms with van der Waals surface area (Å²) in [6, 6.07) is 0. The average molecular weight is 150 g/mol. The minimum atomic E-state index is -0.803. The molecular weight excluding hydrogens is 139 g/mol. The van der Waals surface area contributed by atoms with Crippen LogP contribution in [0.1, 0.15) is 13.3 Å².